The molecule has 3 aromatic rings. The molecule has 1 aliphatic heterocycles. The molecule has 0 radical (unpaired) electrons. The number of anilines is 1. The summed E-state index contributed by atoms with van der Waals surface area (Å²) in [7, 11) is -0.633. The summed E-state index contributed by atoms with van der Waals surface area (Å²) < 4.78 is 40.0. The Labute approximate surface area is 196 Å². The van der Waals surface area contributed by atoms with Gasteiger partial charge >= 0.3 is 0 Å². The Morgan fingerprint density at radius 2 is 1.45 bits per heavy atom. The normalized spacial score (nSPS) is 15.2. The van der Waals surface area contributed by atoms with E-state index in [2.05, 4.69) is 17.0 Å². The molecule has 0 amide bonds. The summed E-state index contributed by atoms with van der Waals surface area (Å²) >= 11 is 0. The Morgan fingerprint density at radius 3 is 2.06 bits per heavy atom. The minimum Gasteiger partial charge on any atom is -0.493 e. The fraction of sp³-hybridized carbons (Fsp3) is 0.308. The van der Waals surface area contributed by atoms with Gasteiger partial charge in [0.15, 0.2) is 11.5 Å². The Balaban J connectivity index is 1.63. The van der Waals surface area contributed by atoms with Crippen LogP contribution in [-0.4, -0.2) is 46.7 Å². The second-order valence-electron chi connectivity index (χ2n) is 8.15. The average molecular weight is 467 g/mol. The summed E-state index contributed by atoms with van der Waals surface area (Å²) in [5, 5.41) is 0. The average Bonchev–Trinajstić information content (AvgIpc) is 2.86. The molecule has 1 heterocycles. The number of nitrogens with zero attached hydrogens (tertiary/aromatic N) is 2. The third kappa shape index (κ3) is 5.15. The molecule has 7 heteroatoms. The first-order chi connectivity index (χ1) is 16.0. The first kappa shape index (κ1) is 23.1. The summed E-state index contributed by atoms with van der Waals surface area (Å²) in [6.45, 7) is 2.52. The van der Waals surface area contributed by atoms with Gasteiger partial charge in [-0.3, -0.25) is 9.21 Å². The molecule has 0 atom stereocenters. The van der Waals surface area contributed by atoms with Crippen molar-refractivity contribution >= 4 is 15.7 Å². The van der Waals surface area contributed by atoms with E-state index in [0.29, 0.717) is 17.2 Å². The lowest BCUT2D eigenvalue weighted by atomic mass is 10.0. The van der Waals surface area contributed by atoms with E-state index in [1.807, 2.05) is 24.3 Å². The maximum Gasteiger partial charge on any atom is 0.264 e. The zero-order chi connectivity index (χ0) is 23.3. The van der Waals surface area contributed by atoms with E-state index in [-0.39, 0.29) is 10.9 Å². The molecule has 1 aliphatic rings. The molecular formula is C26H30N2O4S. The van der Waals surface area contributed by atoms with Gasteiger partial charge in [0, 0.05) is 31.7 Å². The summed E-state index contributed by atoms with van der Waals surface area (Å²) in [6, 6.07) is 24.1. The fourth-order valence-electron chi connectivity index (χ4n) is 4.37. The Morgan fingerprint density at radius 1 is 0.848 bits per heavy atom. The van der Waals surface area contributed by atoms with Crippen molar-refractivity contribution in [1.29, 1.82) is 0 Å². The van der Waals surface area contributed by atoms with Crippen molar-refractivity contribution in [2.75, 3.05) is 31.6 Å². The van der Waals surface area contributed by atoms with E-state index in [1.165, 1.54) is 5.56 Å². The van der Waals surface area contributed by atoms with Crippen molar-refractivity contribution in [1.82, 2.24) is 4.90 Å². The lowest BCUT2D eigenvalue weighted by Crippen LogP contribution is -2.47. The number of methoxy groups -OCH3 is 2. The molecule has 174 valence electrons. The zero-order valence-corrected chi connectivity index (χ0v) is 19.9. The highest BCUT2D eigenvalue weighted by Gasteiger charge is 2.34. The van der Waals surface area contributed by atoms with E-state index in [1.54, 1.807) is 61.0 Å². The van der Waals surface area contributed by atoms with Gasteiger partial charge in [-0.2, -0.15) is 0 Å². The molecule has 0 aliphatic carbocycles. The molecule has 0 N–H and O–H groups in total. The molecule has 0 saturated carbocycles. The van der Waals surface area contributed by atoms with Gasteiger partial charge in [0.2, 0.25) is 0 Å². The van der Waals surface area contributed by atoms with Crippen molar-refractivity contribution in [3.05, 3.63) is 84.4 Å². The quantitative estimate of drug-likeness (QED) is 0.487. The smallest absolute Gasteiger partial charge is 0.264 e. The Kier molecular flexibility index (Phi) is 7.20. The van der Waals surface area contributed by atoms with E-state index in [9.17, 15) is 8.42 Å². The van der Waals surface area contributed by atoms with E-state index < -0.39 is 10.0 Å². The van der Waals surface area contributed by atoms with Crippen molar-refractivity contribution < 1.29 is 17.9 Å². The molecule has 1 fully saturated rings. The van der Waals surface area contributed by atoms with Crippen LogP contribution >= 0.6 is 0 Å². The predicted octanol–water partition coefficient (Wildman–Crippen LogP) is 4.56. The minimum atomic E-state index is -3.76. The maximum absolute atomic E-state index is 13.8. The fourth-order valence-corrected chi connectivity index (χ4v) is 6.09. The highest BCUT2D eigenvalue weighted by atomic mass is 32.2. The van der Waals surface area contributed by atoms with Crippen LogP contribution in [0.4, 0.5) is 5.69 Å². The van der Waals surface area contributed by atoms with Crippen LogP contribution in [0, 0.1) is 0 Å². The van der Waals surface area contributed by atoms with Crippen LogP contribution in [0.5, 0.6) is 11.5 Å². The van der Waals surface area contributed by atoms with Crippen molar-refractivity contribution in [2.45, 2.75) is 30.3 Å². The van der Waals surface area contributed by atoms with Gasteiger partial charge in [-0.25, -0.2) is 8.42 Å². The van der Waals surface area contributed by atoms with Crippen LogP contribution in [0.2, 0.25) is 0 Å². The van der Waals surface area contributed by atoms with E-state index >= 15 is 0 Å². The molecule has 0 unspecified atom stereocenters. The topological polar surface area (TPSA) is 59.1 Å². The third-order valence-electron chi connectivity index (χ3n) is 6.06. The number of piperidine rings is 1. The SMILES string of the molecule is COc1ccc(N(C2CCN(Cc3ccccc3)CC2)S(=O)(=O)c2ccccc2)cc1OC. The van der Waals surface area contributed by atoms with Gasteiger partial charge in [0.1, 0.15) is 0 Å². The van der Waals surface area contributed by atoms with Crippen LogP contribution in [0.1, 0.15) is 18.4 Å². The number of ether oxygens (including phenoxy) is 2. The first-order valence-corrected chi connectivity index (χ1v) is 12.5. The zero-order valence-electron chi connectivity index (χ0n) is 19.1. The number of benzene rings is 3. The van der Waals surface area contributed by atoms with E-state index in [4.69, 9.17) is 9.47 Å². The van der Waals surface area contributed by atoms with Gasteiger partial charge in [-0.15, -0.1) is 0 Å². The number of hydrogen-bond donors (Lipinski definition) is 0. The summed E-state index contributed by atoms with van der Waals surface area (Å²) in [4.78, 5) is 2.67. The van der Waals surface area contributed by atoms with Crippen molar-refractivity contribution in [3.63, 3.8) is 0 Å². The van der Waals surface area contributed by atoms with Gasteiger partial charge in [-0.05, 0) is 42.7 Å². The highest BCUT2D eigenvalue weighted by Crippen LogP contribution is 2.36. The maximum atomic E-state index is 13.8. The number of sulfonamides is 1. The number of rotatable bonds is 8. The van der Waals surface area contributed by atoms with E-state index in [0.717, 1.165) is 32.5 Å². The Bertz CT molecular complexity index is 1150. The first-order valence-electron chi connectivity index (χ1n) is 11.1. The van der Waals surface area contributed by atoms with Crippen LogP contribution in [0.3, 0.4) is 0 Å². The second-order valence-corrected chi connectivity index (χ2v) is 9.96. The lowest BCUT2D eigenvalue weighted by Gasteiger charge is -2.39. The molecule has 33 heavy (non-hydrogen) atoms. The highest BCUT2D eigenvalue weighted by molar-refractivity contribution is 7.92. The van der Waals surface area contributed by atoms with Gasteiger partial charge in [0.25, 0.3) is 10.0 Å². The number of likely N-dealkylation sites (tertiary alicyclic amines) is 1. The summed E-state index contributed by atoms with van der Waals surface area (Å²) in [5.74, 6) is 1.07. The molecule has 0 aromatic heterocycles. The minimum absolute atomic E-state index is 0.152. The van der Waals surface area contributed by atoms with Crippen LogP contribution < -0.4 is 13.8 Å². The standard InChI is InChI=1S/C26H30N2O4S/c1-31-25-14-13-23(19-26(25)32-2)28(33(29,30)24-11-7-4-8-12-24)22-15-17-27(18-16-22)20-21-9-5-3-6-10-21/h3-14,19,22H,15-18,20H2,1-2H3. The van der Waals surface area contributed by atoms with Crippen LogP contribution in [-0.2, 0) is 16.6 Å². The van der Waals surface area contributed by atoms with Crippen molar-refractivity contribution in [2.24, 2.45) is 0 Å². The van der Waals surface area contributed by atoms with Gasteiger partial charge in [0.05, 0.1) is 24.8 Å². The molecular weight excluding hydrogens is 436 g/mol. The van der Waals surface area contributed by atoms with Crippen LogP contribution in [0.15, 0.2) is 83.8 Å². The Hall–Kier alpha value is -3.03. The van der Waals surface area contributed by atoms with Gasteiger partial charge in [-0.1, -0.05) is 48.5 Å². The molecule has 6 nitrogen and oxygen atoms in total. The molecule has 4 rings (SSSR count). The molecule has 3 aromatic carbocycles. The van der Waals surface area contributed by atoms with Crippen LogP contribution in [0.25, 0.3) is 0 Å². The molecule has 0 spiro atoms. The second kappa shape index (κ2) is 10.3. The van der Waals surface area contributed by atoms with Gasteiger partial charge < -0.3 is 9.47 Å². The molecule has 1 saturated heterocycles. The predicted molar refractivity (Wildman–Crippen MR) is 130 cm³/mol. The molecule has 0 bridgehead atoms. The number of hydrogen-bond acceptors (Lipinski definition) is 5. The summed E-state index contributed by atoms with van der Waals surface area (Å²) in [6.07, 6.45) is 1.49. The summed E-state index contributed by atoms with van der Waals surface area (Å²) in [5.41, 5.74) is 1.85. The monoisotopic (exact) mass is 466 g/mol. The largest absolute Gasteiger partial charge is 0.493 e. The lowest BCUT2D eigenvalue weighted by molar-refractivity contribution is 0.206. The van der Waals surface area contributed by atoms with Crippen molar-refractivity contribution in [3.8, 4) is 11.5 Å². The third-order valence-corrected chi connectivity index (χ3v) is 7.95.